The molecule has 0 N–H and O–H groups in total. The van der Waals surface area contributed by atoms with E-state index in [1.54, 1.807) is 13.2 Å². The average molecular weight is 410 g/mol. The number of ether oxygens (including phenoxy) is 1. The molecule has 154 valence electrons. The zero-order chi connectivity index (χ0) is 21.5. The van der Waals surface area contributed by atoms with Gasteiger partial charge in [0.2, 0.25) is 0 Å². The molecule has 3 nitrogen and oxygen atoms in total. The third-order valence-corrected chi connectivity index (χ3v) is 5.10. The molecular weight excluding hydrogens is 387 g/mol. The van der Waals surface area contributed by atoms with Gasteiger partial charge >= 0.3 is 0 Å². The number of aryl methyl sites for hydroxylation is 2. The quantitative estimate of drug-likeness (QED) is 0.413. The molecule has 0 atom stereocenters. The lowest BCUT2D eigenvalue weighted by Gasteiger charge is -2.03. The standard InChI is InChI=1S/C27H23FN2O/c1-31-15-14-23-18-29-27(30-19-23)13-9-21-4-2-20(3-5-21)6-7-22-8-10-25-17-26(28)12-11-24(25)16-22/h2-5,8,10-12,16-19H,9,13-15H2,1H3. The molecule has 0 saturated heterocycles. The molecule has 0 aliphatic rings. The number of hydrogen-bond donors (Lipinski definition) is 0. The Bertz CT molecular complexity index is 1220. The fourth-order valence-electron chi connectivity index (χ4n) is 3.31. The second-order valence-electron chi connectivity index (χ2n) is 7.40. The van der Waals surface area contributed by atoms with E-state index in [0.29, 0.717) is 6.61 Å². The summed E-state index contributed by atoms with van der Waals surface area (Å²) in [6.07, 6.45) is 6.27. The highest BCUT2D eigenvalue weighted by atomic mass is 19.1. The van der Waals surface area contributed by atoms with Crippen molar-refractivity contribution >= 4 is 10.8 Å². The van der Waals surface area contributed by atoms with E-state index in [1.807, 2.05) is 42.7 Å². The van der Waals surface area contributed by atoms with E-state index in [4.69, 9.17) is 4.74 Å². The van der Waals surface area contributed by atoms with Gasteiger partial charge in [0.15, 0.2) is 0 Å². The molecule has 0 saturated carbocycles. The molecular formula is C27H23FN2O. The monoisotopic (exact) mass is 410 g/mol. The Hall–Kier alpha value is -3.55. The molecule has 4 rings (SSSR count). The molecule has 1 heterocycles. The molecule has 0 fully saturated rings. The summed E-state index contributed by atoms with van der Waals surface area (Å²) in [6, 6.07) is 18.9. The molecule has 1 aromatic heterocycles. The van der Waals surface area contributed by atoms with Crippen molar-refractivity contribution in [3.63, 3.8) is 0 Å². The summed E-state index contributed by atoms with van der Waals surface area (Å²) in [6.45, 7) is 0.679. The zero-order valence-corrected chi connectivity index (χ0v) is 17.4. The maximum absolute atomic E-state index is 13.3. The van der Waals surface area contributed by atoms with Crippen LogP contribution in [0.2, 0.25) is 0 Å². The average Bonchev–Trinajstić information content (AvgIpc) is 2.81. The van der Waals surface area contributed by atoms with Crippen molar-refractivity contribution in [3.05, 3.63) is 107 Å². The molecule has 0 spiro atoms. The van der Waals surface area contributed by atoms with Crippen molar-refractivity contribution in [1.82, 2.24) is 9.97 Å². The van der Waals surface area contributed by atoms with Crippen LogP contribution in [0.4, 0.5) is 4.39 Å². The molecule has 0 radical (unpaired) electrons. The largest absolute Gasteiger partial charge is 0.384 e. The predicted octanol–water partition coefficient (Wildman–Crippen LogP) is 5.14. The smallest absolute Gasteiger partial charge is 0.128 e. The second kappa shape index (κ2) is 9.97. The number of methoxy groups -OCH3 is 1. The van der Waals surface area contributed by atoms with Crippen LogP contribution in [0.5, 0.6) is 0 Å². The maximum Gasteiger partial charge on any atom is 0.128 e. The highest BCUT2D eigenvalue weighted by molar-refractivity contribution is 5.83. The third-order valence-electron chi connectivity index (χ3n) is 5.10. The number of halogens is 1. The minimum absolute atomic E-state index is 0.225. The van der Waals surface area contributed by atoms with Gasteiger partial charge in [-0.25, -0.2) is 14.4 Å². The highest BCUT2D eigenvalue weighted by Crippen LogP contribution is 2.17. The van der Waals surface area contributed by atoms with Crippen molar-refractivity contribution in [2.45, 2.75) is 19.3 Å². The van der Waals surface area contributed by atoms with E-state index >= 15 is 0 Å². The first-order valence-corrected chi connectivity index (χ1v) is 10.3. The summed E-state index contributed by atoms with van der Waals surface area (Å²) >= 11 is 0. The number of hydrogen-bond acceptors (Lipinski definition) is 3. The van der Waals surface area contributed by atoms with Crippen LogP contribution >= 0.6 is 0 Å². The summed E-state index contributed by atoms with van der Waals surface area (Å²) in [4.78, 5) is 8.89. The summed E-state index contributed by atoms with van der Waals surface area (Å²) in [5, 5.41) is 1.86. The maximum atomic E-state index is 13.3. The molecule has 0 aliphatic carbocycles. The summed E-state index contributed by atoms with van der Waals surface area (Å²) in [5.74, 6) is 7.02. The van der Waals surface area contributed by atoms with E-state index in [2.05, 4.69) is 33.9 Å². The summed E-state index contributed by atoms with van der Waals surface area (Å²) in [5.41, 5.74) is 4.19. The first kappa shape index (κ1) is 20.7. The second-order valence-corrected chi connectivity index (χ2v) is 7.40. The minimum atomic E-state index is -0.225. The lowest BCUT2D eigenvalue weighted by molar-refractivity contribution is 0.202. The zero-order valence-electron chi connectivity index (χ0n) is 17.4. The van der Waals surface area contributed by atoms with E-state index in [-0.39, 0.29) is 5.82 Å². The van der Waals surface area contributed by atoms with Gasteiger partial charge in [0.1, 0.15) is 11.6 Å². The Morgan fingerprint density at radius 3 is 2.19 bits per heavy atom. The fraction of sp³-hybridized carbons (Fsp3) is 0.185. The Kier molecular flexibility index (Phi) is 6.66. The fourth-order valence-corrected chi connectivity index (χ4v) is 3.31. The van der Waals surface area contributed by atoms with Crippen molar-refractivity contribution in [2.75, 3.05) is 13.7 Å². The number of fused-ring (bicyclic) bond motifs is 1. The molecule has 0 aliphatic heterocycles. The molecule has 0 amide bonds. The van der Waals surface area contributed by atoms with Gasteiger partial charge in [0.05, 0.1) is 6.61 Å². The number of benzene rings is 3. The molecule has 4 aromatic rings. The van der Waals surface area contributed by atoms with Crippen LogP contribution in [0.3, 0.4) is 0 Å². The summed E-state index contributed by atoms with van der Waals surface area (Å²) < 4.78 is 18.4. The topological polar surface area (TPSA) is 35.0 Å². The van der Waals surface area contributed by atoms with Gasteiger partial charge in [-0.15, -0.1) is 0 Å². The van der Waals surface area contributed by atoms with Gasteiger partial charge < -0.3 is 4.74 Å². The number of rotatable bonds is 6. The van der Waals surface area contributed by atoms with Gasteiger partial charge in [-0.05, 0) is 71.1 Å². The summed E-state index contributed by atoms with van der Waals surface area (Å²) in [7, 11) is 1.69. The van der Waals surface area contributed by atoms with Gasteiger partial charge in [-0.3, -0.25) is 0 Å². The lowest BCUT2D eigenvalue weighted by Crippen LogP contribution is -2.01. The van der Waals surface area contributed by atoms with Crippen LogP contribution < -0.4 is 0 Å². The van der Waals surface area contributed by atoms with Crippen LogP contribution in [0, 0.1) is 17.7 Å². The lowest BCUT2D eigenvalue weighted by atomic mass is 10.1. The minimum Gasteiger partial charge on any atom is -0.384 e. The highest BCUT2D eigenvalue weighted by Gasteiger charge is 2.01. The Morgan fingerprint density at radius 2 is 1.42 bits per heavy atom. The van der Waals surface area contributed by atoms with Crippen molar-refractivity contribution < 1.29 is 9.13 Å². The van der Waals surface area contributed by atoms with Crippen molar-refractivity contribution in [2.24, 2.45) is 0 Å². The van der Waals surface area contributed by atoms with Crippen LogP contribution in [0.1, 0.15) is 28.1 Å². The molecule has 0 bridgehead atoms. The van der Waals surface area contributed by atoms with E-state index in [0.717, 1.165) is 52.5 Å². The Balaban J connectivity index is 1.36. The first-order chi connectivity index (χ1) is 15.2. The normalized spacial score (nSPS) is 10.6. The van der Waals surface area contributed by atoms with Gasteiger partial charge in [0.25, 0.3) is 0 Å². The number of nitrogens with zero attached hydrogens (tertiary/aromatic N) is 2. The van der Waals surface area contributed by atoms with Gasteiger partial charge in [-0.1, -0.05) is 36.1 Å². The van der Waals surface area contributed by atoms with Crippen LogP contribution in [0.25, 0.3) is 10.8 Å². The van der Waals surface area contributed by atoms with Crippen LogP contribution in [-0.2, 0) is 24.0 Å². The predicted molar refractivity (Wildman–Crippen MR) is 121 cm³/mol. The van der Waals surface area contributed by atoms with Gasteiger partial charge in [-0.2, -0.15) is 0 Å². The number of aromatic nitrogens is 2. The van der Waals surface area contributed by atoms with Crippen molar-refractivity contribution in [3.8, 4) is 11.8 Å². The molecule has 4 heteroatoms. The third kappa shape index (κ3) is 5.75. The van der Waals surface area contributed by atoms with Gasteiger partial charge in [0, 0.05) is 37.1 Å². The SMILES string of the molecule is COCCc1cnc(CCc2ccc(C#Cc3ccc4cc(F)ccc4c3)cc2)nc1. The molecule has 0 unspecified atom stereocenters. The van der Waals surface area contributed by atoms with E-state index in [1.165, 1.54) is 17.7 Å². The molecule has 3 aromatic carbocycles. The van der Waals surface area contributed by atoms with E-state index < -0.39 is 0 Å². The Morgan fingerprint density at radius 1 is 0.742 bits per heavy atom. The first-order valence-electron chi connectivity index (χ1n) is 10.3. The van der Waals surface area contributed by atoms with Crippen LogP contribution in [0.15, 0.2) is 73.1 Å². The van der Waals surface area contributed by atoms with E-state index in [9.17, 15) is 4.39 Å². The van der Waals surface area contributed by atoms with Crippen LogP contribution in [-0.4, -0.2) is 23.7 Å². The Labute approximate surface area is 181 Å². The molecule has 31 heavy (non-hydrogen) atoms. The van der Waals surface area contributed by atoms with Crippen molar-refractivity contribution in [1.29, 1.82) is 0 Å².